The Bertz CT molecular complexity index is 1000. The molecular formula is C21H27N3O3S. The topological polar surface area (TPSA) is 82.3 Å². The predicted octanol–water partition coefficient (Wildman–Crippen LogP) is 3.22. The van der Waals surface area contributed by atoms with Crippen LogP contribution in [0.5, 0.6) is 0 Å². The molecule has 0 radical (unpaired) electrons. The van der Waals surface area contributed by atoms with Crippen molar-refractivity contribution in [1.29, 1.82) is 0 Å². The van der Waals surface area contributed by atoms with Crippen molar-refractivity contribution in [2.24, 2.45) is 0 Å². The molecule has 1 aliphatic carbocycles. The summed E-state index contributed by atoms with van der Waals surface area (Å²) in [6.45, 7) is 4.86. The maximum atomic E-state index is 13.4. The normalized spacial score (nSPS) is 19.6. The van der Waals surface area contributed by atoms with Crippen LogP contribution in [-0.4, -0.2) is 37.3 Å². The Morgan fingerprint density at radius 2 is 1.82 bits per heavy atom. The molecule has 1 saturated heterocycles. The Balaban J connectivity index is 1.70. The number of sulfonamides is 1. The van der Waals surface area contributed by atoms with Crippen molar-refractivity contribution in [1.82, 2.24) is 14.6 Å². The fourth-order valence-corrected chi connectivity index (χ4v) is 6.25. The Morgan fingerprint density at radius 3 is 2.57 bits per heavy atom. The Labute approximate surface area is 166 Å². The summed E-state index contributed by atoms with van der Waals surface area (Å²) in [4.78, 5) is 18.0. The van der Waals surface area contributed by atoms with Crippen molar-refractivity contribution in [3.8, 4) is 0 Å². The molecule has 0 saturated carbocycles. The summed E-state index contributed by atoms with van der Waals surface area (Å²) in [7, 11) is -3.85. The van der Waals surface area contributed by atoms with E-state index >= 15 is 0 Å². The molecule has 1 amide bonds. The van der Waals surface area contributed by atoms with Crippen molar-refractivity contribution in [3.63, 3.8) is 0 Å². The molecule has 150 valence electrons. The van der Waals surface area contributed by atoms with Crippen molar-refractivity contribution in [2.45, 2.75) is 56.9 Å². The molecule has 7 heteroatoms. The molecule has 0 bridgehead atoms. The monoisotopic (exact) mass is 401 g/mol. The van der Waals surface area contributed by atoms with Gasteiger partial charge in [-0.3, -0.25) is 4.79 Å². The Kier molecular flexibility index (Phi) is 5.05. The van der Waals surface area contributed by atoms with E-state index in [2.05, 4.69) is 15.8 Å². The molecule has 4 rings (SSSR count). The number of benzene rings is 1. The highest BCUT2D eigenvalue weighted by Gasteiger charge is 2.34. The first-order valence-corrected chi connectivity index (χ1v) is 11.5. The molecular weight excluding hydrogens is 374 g/mol. The number of amides is 1. The van der Waals surface area contributed by atoms with Gasteiger partial charge in [0, 0.05) is 30.5 Å². The molecule has 28 heavy (non-hydrogen) atoms. The second-order valence-electron chi connectivity index (χ2n) is 7.84. The van der Waals surface area contributed by atoms with Crippen LogP contribution >= 0.6 is 0 Å². The van der Waals surface area contributed by atoms with Crippen LogP contribution in [0.15, 0.2) is 29.2 Å². The minimum absolute atomic E-state index is 0.102. The summed E-state index contributed by atoms with van der Waals surface area (Å²) in [5.74, 6) is -0.191. The second-order valence-corrected chi connectivity index (χ2v) is 9.49. The zero-order valence-corrected chi connectivity index (χ0v) is 17.2. The van der Waals surface area contributed by atoms with Gasteiger partial charge in [-0.15, -0.1) is 0 Å². The number of likely N-dealkylation sites (tertiary alicyclic amines) is 1. The van der Waals surface area contributed by atoms with Gasteiger partial charge in [0.15, 0.2) is 0 Å². The van der Waals surface area contributed by atoms with Gasteiger partial charge in [-0.25, -0.2) is 13.1 Å². The Morgan fingerprint density at radius 1 is 1.11 bits per heavy atom. The molecule has 0 spiro atoms. The van der Waals surface area contributed by atoms with E-state index in [0.29, 0.717) is 24.5 Å². The zero-order valence-electron chi connectivity index (χ0n) is 16.4. The average Bonchev–Trinajstić information content (AvgIpc) is 3.29. The quantitative estimate of drug-likeness (QED) is 0.825. The van der Waals surface area contributed by atoms with Crippen LogP contribution in [0, 0.1) is 13.8 Å². The number of rotatable bonds is 4. The maximum absolute atomic E-state index is 13.4. The molecule has 1 aliphatic heterocycles. The number of aromatic amines is 1. The standard InChI is InChI=1S/C21H27N3O3S/c1-14-19(21(25)24-12-5-6-13-24)20(15(2)22-14)28(26,27)23-18-11-7-9-16-8-3-4-10-17(16)18/h3-4,8,10,18,22-23H,5-7,9,11-13H2,1-2H3. The van der Waals surface area contributed by atoms with Crippen molar-refractivity contribution >= 4 is 15.9 Å². The van der Waals surface area contributed by atoms with Gasteiger partial charge in [0.25, 0.3) is 5.91 Å². The molecule has 1 atom stereocenters. The summed E-state index contributed by atoms with van der Waals surface area (Å²) in [5.41, 5.74) is 3.64. The van der Waals surface area contributed by atoms with E-state index in [1.165, 1.54) is 5.56 Å². The highest BCUT2D eigenvalue weighted by atomic mass is 32.2. The second kappa shape index (κ2) is 7.37. The first kappa shape index (κ1) is 19.2. The maximum Gasteiger partial charge on any atom is 0.257 e. The van der Waals surface area contributed by atoms with E-state index in [4.69, 9.17) is 0 Å². The number of carbonyl (C=O) groups excluding carboxylic acids is 1. The molecule has 2 N–H and O–H groups in total. The average molecular weight is 402 g/mol. The number of aryl methyl sites for hydroxylation is 3. The number of nitrogens with one attached hydrogen (secondary N) is 2. The van der Waals surface area contributed by atoms with E-state index in [1.54, 1.807) is 18.7 Å². The summed E-state index contributed by atoms with van der Waals surface area (Å²) >= 11 is 0. The number of fused-ring (bicyclic) bond motifs is 1. The van der Waals surface area contributed by atoms with Gasteiger partial charge in [0.1, 0.15) is 4.90 Å². The molecule has 1 fully saturated rings. The molecule has 1 aromatic heterocycles. The lowest BCUT2D eigenvalue weighted by atomic mass is 9.88. The van der Waals surface area contributed by atoms with Crippen LogP contribution in [0.2, 0.25) is 0 Å². The zero-order chi connectivity index (χ0) is 19.9. The number of H-pyrrole nitrogens is 1. The third-order valence-electron chi connectivity index (χ3n) is 5.86. The van der Waals surface area contributed by atoms with Crippen LogP contribution in [-0.2, 0) is 16.4 Å². The fourth-order valence-electron chi connectivity index (χ4n) is 4.55. The first-order valence-electron chi connectivity index (χ1n) is 9.97. The number of hydrogen-bond acceptors (Lipinski definition) is 3. The molecule has 2 heterocycles. The summed E-state index contributed by atoms with van der Waals surface area (Å²) in [6.07, 6.45) is 4.60. The van der Waals surface area contributed by atoms with Crippen LogP contribution in [0.25, 0.3) is 0 Å². The number of carbonyl (C=O) groups is 1. The van der Waals surface area contributed by atoms with Gasteiger partial charge >= 0.3 is 0 Å². The Hall–Kier alpha value is -2.12. The number of nitrogens with zero attached hydrogens (tertiary/aromatic N) is 1. The molecule has 1 aromatic carbocycles. The van der Waals surface area contributed by atoms with E-state index in [9.17, 15) is 13.2 Å². The highest BCUT2D eigenvalue weighted by Crippen LogP contribution is 2.33. The molecule has 1 unspecified atom stereocenters. The largest absolute Gasteiger partial charge is 0.361 e. The third-order valence-corrected chi connectivity index (χ3v) is 7.50. The van der Waals surface area contributed by atoms with Gasteiger partial charge < -0.3 is 9.88 Å². The van der Waals surface area contributed by atoms with Crippen LogP contribution < -0.4 is 4.72 Å². The van der Waals surface area contributed by atoms with Crippen molar-refractivity contribution in [3.05, 3.63) is 52.3 Å². The van der Waals surface area contributed by atoms with Gasteiger partial charge in [0.05, 0.1) is 5.56 Å². The van der Waals surface area contributed by atoms with Gasteiger partial charge in [-0.1, -0.05) is 24.3 Å². The van der Waals surface area contributed by atoms with Crippen LogP contribution in [0.4, 0.5) is 0 Å². The minimum atomic E-state index is -3.85. The lowest BCUT2D eigenvalue weighted by Gasteiger charge is -2.26. The molecule has 6 nitrogen and oxygen atoms in total. The van der Waals surface area contributed by atoms with Crippen LogP contribution in [0.3, 0.4) is 0 Å². The molecule has 2 aliphatic rings. The summed E-state index contributed by atoms with van der Waals surface area (Å²) < 4.78 is 29.7. The number of hydrogen-bond donors (Lipinski definition) is 2. The lowest BCUT2D eigenvalue weighted by molar-refractivity contribution is 0.0788. The lowest BCUT2D eigenvalue weighted by Crippen LogP contribution is -2.34. The number of aromatic nitrogens is 1. The summed E-state index contributed by atoms with van der Waals surface area (Å²) in [6, 6.07) is 7.72. The SMILES string of the molecule is Cc1[nH]c(C)c(S(=O)(=O)NC2CCCc3ccccc32)c1C(=O)N1CCCC1. The van der Waals surface area contributed by atoms with E-state index in [-0.39, 0.29) is 22.4 Å². The molecule has 2 aromatic rings. The third kappa shape index (κ3) is 3.37. The smallest absolute Gasteiger partial charge is 0.257 e. The predicted molar refractivity (Wildman–Crippen MR) is 108 cm³/mol. The summed E-state index contributed by atoms with van der Waals surface area (Å²) in [5, 5.41) is 0. The highest BCUT2D eigenvalue weighted by molar-refractivity contribution is 7.89. The van der Waals surface area contributed by atoms with Gasteiger partial charge in [0.2, 0.25) is 10.0 Å². The minimum Gasteiger partial charge on any atom is -0.361 e. The van der Waals surface area contributed by atoms with Crippen LogP contribution in [0.1, 0.15) is 64.6 Å². The van der Waals surface area contributed by atoms with E-state index < -0.39 is 10.0 Å². The fraction of sp³-hybridized carbons (Fsp3) is 0.476. The first-order chi connectivity index (χ1) is 13.4. The van der Waals surface area contributed by atoms with Crippen molar-refractivity contribution in [2.75, 3.05) is 13.1 Å². The van der Waals surface area contributed by atoms with Gasteiger partial charge in [-0.05, 0) is 57.1 Å². The van der Waals surface area contributed by atoms with E-state index in [1.807, 2.05) is 18.2 Å². The van der Waals surface area contributed by atoms with Gasteiger partial charge in [-0.2, -0.15) is 0 Å². The van der Waals surface area contributed by atoms with Crippen molar-refractivity contribution < 1.29 is 13.2 Å². The van der Waals surface area contributed by atoms with E-state index in [0.717, 1.165) is 37.7 Å².